The molecule has 0 spiro atoms. The molecule has 2 saturated heterocycles. The van der Waals surface area contributed by atoms with E-state index in [1.54, 1.807) is 20.0 Å². The Hall–Kier alpha value is -2.48. The molecule has 3 aliphatic rings. The summed E-state index contributed by atoms with van der Waals surface area (Å²) < 4.78 is 11.9. The van der Waals surface area contributed by atoms with Gasteiger partial charge in [0.15, 0.2) is 0 Å². The lowest BCUT2D eigenvalue weighted by molar-refractivity contribution is -0.132. The summed E-state index contributed by atoms with van der Waals surface area (Å²) in [5, 5.41) is 11.5. The molecule has 2 N–H and O–H groups in total. The average Bonchev–Trinajstić information content (AvgIpc) is 3.17. The van der Waals surface area contributed by atoms with Gasteiger partial charge >= 0.3 is 0 Å². The lowest BCUT2D eigenvalue weighted by Gasteiger charge is -2.30. The van der Waals surface area contributed by atoms with Gasteiger partial charge in [-0.3, -0.25) is 4.79 Å². The van der Waals surface area contributed by atoms with Crippen molar-refractivity contribution >= 4 is 23.1 Å². The number of aromatic nitrogens is 1. The van der Waals surface area contributed by atoms with Gasteiger partial charge in [0.05, 0.1) is 30.1 Å². The predicted octanol–water partition coefficient (Wildman–Crippen LogP) is 5.11. The van der Waals surface area contributed by atoms with Gasteiger partial charge < -0.3 is 24.8 Å². The molecule has 7 heteroatoms. The lowest BCUT2D eigenvalue weighted by atomic mass is 10.0. The van der Waals surface area contributed by atoms with Crippen molar-refractivity contribution in [3.8, 4) is 0 Å². The summed E-state index contributed by atoms with van der Waals surface area (Å²) in [6.07, 6.45) is 6.50. The zero-order valence-electron chi connectivity index (χ0n) is 19.8. The Morgan fingerprint density at radius 2 is 2.06 bits per heavy atom. The monoisotopic (exact) mass is 455 g/mol. The van der Waals surface area contributed by atoms with Crippen LogP contribution in [0.5, 0.6) is 0 Å². The summed E-state index contributed by atoms with van der Waals surface area (Å²) >= 11 is 0. The van der Waals surface area contributed by atoms with Crippen molar-refractivity contribution in [2.24, 2.45) is 0 Å². The summed E-state index contributed by atoms with van der Waals surface area (Å²) in [6, 6.07) is 10.2. The molecule has 33 heavy (non-hydrogen) atoms. The number of nitrogens with zero attached hydrogens (tertiary/aromatic N) is 2. The van der Waals surface area contributed by atoms with Gasteiger partial charge in [-0.1, -0.05) is 12.1 Å². The van der Waals surface area contributed by atoms with Crippen LogP contribution in [0.4, 0.5) is 17.2 Å². The third-order valence-electron chi connectivity index (χ3n) is 6.11. The number of nitrogens with one attached hydrogen (secondary N) is 1. The first-order valence-electron chi connectivity index (χ1n) is 12.0. The van der Waals surface area contributed by atoms with Crippen molar-refractivity contribution in [1.29, 1.82) is 0 Å². The van der Waals surface area contributed by atoms with E-state index in [0.29, 0.717) is 13.2 Å². The van der Waals surface area contributed by atoms with Gasteiger partial charge in [-0.05, 0) is 76.6 Å². The number of hydrogen-bond donors (Lipinski definition) is 2. The molecule has 7 nitrogen and oxygen atoms in total. The fourth-order valence-corrected chi connectivity index (χ4v) is 4.49. The molecular weight excluding hydrogens is 418 g/mol. The van der Waals surface area contributed by atoms with Gasteiger partial charge in [0.25, 0.3) is 5.91 Å². The number of fused-ring (bicyclic) bond motifs is 2. The Bertz CT molecular complexity index is 962. The molecule has 180 valence electrons. The Morgan fingerprint density at radius 3 is 2.76 bits per heavy atom. The highest BCUT2D eigenvalue weighted by molar-refractivity contribution is 6.00. The van der Waals surface area contributed by atoms with Gasteiger partial charge in [-0.2, -0.15) is 0 Å². The first-order valence-corrected chi connectivity index (χ1v) is 12.0. The van der Waals surface area contributed by atoms with Gasteiger partial charge in [0, 0.05) is 25.9 Å². The number of anilines is 3. The van der Waals surface area contributed by atoms with E-state index in [0.717, 1.165) is 60.4 Å². The van der Waals surface area contributed by atoms with E-state index in [2.05, 4.69) is 29.4 Å². The molecule has 0 aliphatic carbocycles. The van der Waals surface area contributed by atoms with Crippen molar-refractivity contribution < 1.29 is 20.8 Å². The Morgan fingerprint density at radius 1 is 1.24 bits per heavy atom. The second-order valence-electron chi connectivity index (χ2n) is 9.30. The number of rotatable bonds is 2. The zero-order chi connectivity index (χ0) is 23.4. The molecule has 1 aromatic heterocycles. The largest absolute Gasteiger partial charge is 0.394 e. The molecular formula is C26H37N3O4. The molecule has 3 atom stereocenters. The molecule has 2 fully saturated rings. The van der Waals surface area contributed by atoms with Crippen LogP contribution < -0.4 is 10.2 Å². The third kappa shape index (κ3) is 5.72. The number of carbonyl (C=O) groups is 1. The molecule has 5 rings (SSSR count). The number of ether oxygens (including phenoxy) is 2. The number of hydrogen-bond acceptors (Lipinski definition) is 6. The van der Waals surface area contributed by atoms with Crippen LogP contribution in [0.3, 0.4) is 0 Å². The van der Waals surface area contributed by atoms with Crippen LogP contribution in [0, 0.1) is 0 Å². The van der Waals surface area contributed by atoms with Crippen LogP contribution in [0.25, 0.3) is 0 Å². The minimum atomic E-state index is -0.374. The first kappa shape index (κ1) is 23.7. The molecule has 0 saturated carbocycles. The highest BCUT2D eigenvalue weighted by Crippen LogP contribution is 2.40. The predicted molar refractivity (Wildman–Crippen MR) is 131 cm³/mol. The van der Waals surface area contributed by atoms with Crippen molar-refractivity contribution in [3.05, 3.63) is 47.7 Å². The van der Waals surface area contributed by atoms with Crippen LogP contribution in [0.1, 0.15) is 71.5 Å². The Balaban J connectivity index is 0.000000603. The number of aliphatic hydroxyl groups excluding tert-OH is 1. The maximum atomic E-state index is 13.5. The SMILES string of the molecule is CC(C)O.C[C@@H]1CC[C@H](c2ccc3c(c2)N(C(=O)[C@H]2CCCCO2)Cc2cccnc2N3)O1.[HH]. The minimum Gasteiger partial charge on any atom is -0.394 e. The highest BCUT2D eigenvalue weighted by Gasteiger charge is 2.32. The average molecular weight is 456 g/mol. The normalized spacial score (nSPS) is 24.2. The smallest absolute Gasteiger partial charge is 0.256 e. The standard InChI is InChI=1S/C23H27N3O3.C3H8O.H2/c1-15-7-10-20(29-15)16-8-9-18-19(13-16)26(23(27)21-6-2-3-12-28-21)14-17-5-4-11-24-22(17)25-18;1-3(2)4;/h4-5,8-9,11,13,15,20-21H,2-3,6-7,10,12,14H2,1H3,(H,24,25);3-4H,1-2H3;1H/t15-,20-,21-;;/m1../s1. The van der Waals surface area contributed by atoms with E-state index in [4.69, 9.17) is 14.6 Å². The summed E-state index contributed by atoms with van der Waals surface area (Å²) in [5.41, 5.74) is 3.89. The maximum Gasteiger partial charge on any atom is 0.256 e. The molecule has 0 bridgehead atoms. The van der Waals surface area contributed by atoms with E-state index >= 15 is 0 Å². The highest BCUT2D eigenvalue weighted by atomic mass is 16.5. The molecule has 0 unspecified atom stereocenters. The van der Waals surface area contributed by atoms with Crippen LogP contribution in [0.2, 0.25) is 0 Å². The Labute approximate surface area is 197 Å². The van der Waals surface area contributed by atoms with E-state index in [1.165, 1.54) is 0 Å². The van der Waals surface area contributed by atoms with Crippen molar-refractivity contribution in [2.45, 2.75) is 83.8 Å². The number of benzene rings is 1. The van der Waals surface area contributed by atoms with Crippen molar-refractivity contribution in [3.63, 3.8) is 0 Å². The second-order valence-corrected chi connectivity index (χ2v) is 9.30. The number of aliphatic hydroxyl groups is 1. The van der Waals surface area contributed by atoms with Gasteiger partial charge in [-0.25, -0.2) is 4.98 Å². The fraction of sp³-hybridized carbons (Fsp3) is 0.538. The van der Waals surface area contributed by atoms with Crippen LogP contribution in [-0.4, -0.2) is 40.9 Å². The van der Waals surface area contributed by atoms with Crippen molar-refractivity contribution in [2.75, 3.05) is 16.8 Å². The molecule has 1 amide bonds. The van der Waals surface area contributed by atoms with E-state index in [1.807, 2.05) is 23.1 Å². The van der Waals surface area contributed by atoms with E-state index in [9.17, 15) is 4.79 Å². The van der Waals surface area contributed by atoms with E-state index in [-0.39, 0.29) is 31.7 Å². The summed E-state index contributed by atoms with van der Waals surface area (Å²) in [4.78, 5) is 19.8. The molecule has 4 heterocycles. The minimum absolute atomic E-state index is 0. The van der Waals surface area contributed by atoms with Crippen LogP contribution >= 0.6 is 0 Å². The van der Waals surface area contributed by atoms with Crippen LogP contribution in [-0.2, 0) is 20.8 Å². The molecule has 3 aliphatic heterocycles. The van der Waals surface area contributed by atoms with Crippen LogP contribution in [0.15, 0.2) is 36.5 Å². The molecule has 2 aromatic rings. The first-order chi connectivity index (χ1) is 15.9. The summed E-state index contributed by atoms with van der Waals surface area (Å²) in [7, 11) is 0. The molecule has 0 radical (unpaired) electrons. The van der Waals surface area contributed by atoms with Gasteiger partial charge in [-0.15, -0.1) is 0 Å². The topological polar surface area (TPSA) is 83.9 Å². The fourth-order valence-electron chi connectivity index (χ4n) is 4.49. The summed E-state index contributed by atoms with van der Waals surface area (Å²) in [5.74, 6) is 0.828. The van der Waals surface area contributed by atoms with Gasteiger partial charge in [0.1, 0.15) is 11.9 Å². The van der Waals surface area contributed by atoms with Gasteiger partial charge in [0.2, 0.25) is 0 Å². The molecule has 1 aromatic carbocycles. The number of amides is 1. The maximum absolute atomic E-state index is 13.5. The van der Waals surface area contributed by atoms with E-state index < -0.39 is 0 Å². The van der Waals surface area contributed by atoms with Crippen molar-refractivity contribution in [1.82, 2.24) is 4.98 Å². The zero-order valence-corrected chi connectivity index (χ0v) is 19.8. The Kier molecular flexibility index (Phi) is 7.63. The quantitative estimate of drug-likeness (QED) is 0.654. The summed E-state index contributed by atoms with van der Waals surface area (Å²) in [6.45, 7) is 6.69. The lowest BCUT2D eigenvalue weighted by Crippen LogP contribution is -2.41. The number of carbonyl (C=O) groups excluding carboxylic acids is 1. The second kappa shape index (κ2) is 10.6. The number of pyridine rings is 1. The third-order valence-corrected chi connectivity index (χ3v) is 6.11.